The fourth-order valence-electron chi connectivity index (χ4n) is 4.29. The van der Waals surface area contributed by atoms with Crippen molar-refractivity contribution in [1.82, 2.24) is 0 Å². The number of rotatable bonds is 10. The molecule has 0 unspecified atom stereocenters. The molecule has 0 saturated heterocycles. The number of hydrogen-bond acceptors (Lipinski definition) is 0. The molecule has 0 heterocycles. The SMILES string of the molecule is CCCC[Si](CCCC)(CCCC)C1CCCCC1. The molecular weight excluding hydrogens is 244 g/mol. The van der Waals surface area contributed by atoms with Gasteiger partial charge in [-0.3, -0.25) is 0 Å². The number of unbranched alkanes of at least 4 members (excludes halogenated alkanes) is 3. The first-order valence-corrected chi connectivity index (χ1v) is 12.0. The topological polar surface area (TPSA) is 0 Å². The van der Waals surface area contributed by atoms with Gasteiger partial charge in [0.1, 0.15) is 0 Å². The highest BCUT2D eigenvalue weighted by Gasteiger charge is 2.39. The van der Waals surface area contributed by atoms with Crippen molar-refractivity contribution in [3.63, 3.8) is 0 Å². The van der Waals surface area contributed by atoms with Crippen LogP contribution in [0.5, 0.6) is 0 Å². The Kier molecular flexibility index (Phi) is 9.11. The maximum absolute atomic E-state index is 2.39. The first-order valence-electron chi connectivity index (χ1n) is 9.29. The summed E-state index contributed by atoms with van der Waals surface area (Å²) in [5.74, 6) is 0. The van der Waals surface area contributed by atoms with E-state index in [1.165, 1.54) is 50.5 Å². The van der Waals surface area contributed by atoms with Gasteiger partial charge in [-0.15, -0.1) is 0 Å². The van der Waals surface area contributed by atoms with Gasteiger partial charge in [-0.05, 0) is 5.54 Å². The molecule has 0 aromatic carbocycles. The molecule has 19 heavy (non-hydrogen) atoms. The molecule has 0 aromatic rings. The van der Waals surface area contributed by atoms with Crippen molar-refractivity contribution < 1.29 is 0 Å². The predicted octanol–water partition coefficient (Wildman–Crippen LogP) is 7.17. The molecule has 0 aromatic heterocycles. The monoisotopic (exact) mass is 282 g/mol. The molecule has 114 valence electrons. The summed E-state index contributed by atoms with van der Waals surface area (Å²) in [4.78, 5) is 0. The molecule has 0 amide bonds. The Hall–Kier alpha value is 0.217. The molecular formula is C18H38Si. The maximum atomic E-state index is 2.39. The van der Waals surface area contributed by atoms with Crippen LogP contribution in [0.2, 0.25) is 23.7 Å². The molecule has 0 spiro atoms. The Balaban J connectivity index is 2.73. The minimum absolute atomic E-state index is 0.958. The third-order valence-electron chi connectivity index (χ3n) is 5.56. The average Bonchev–Trinajstić information content (AvgIpc) is 2.48. The molecule has 0 bridgehead atoms. The van der Waals surface area contributed by atoms with E-state index in [1.54, 1.807) is 43.8 Å². The zero-order valence-corrected chi connectivity index (χ0v) is 15.0. The van der Waals surface area contributed by atoms with Crippen LogP contribution in [0.1, 0.15) is 91.4 Å². The summed E-state index contributed by atoms with van der Waals surface area (Å²) < 4.78 is 0. The van der Waals surface area contributed by atoms with Crippen molar-refractivity contribution >= 4 is 8.07 Å². The van der Waals surface area contributed by atoms with Crippen molar-refractivity contribution in [3.8, 4) is 0 Å². The van der Waals surface area contributed by atoms with E-state index < -0.39 is 8.07 Å². The smallest absolute Gasteiger partial charge is 0.0566 e. The Labute approximate surface area is 123 Å². The van der Waals surface area contributed by atoms with Crippen LogP contribution in [0, 0.1) is 0 Å². The normalized spacial score (nSPS) is 17.8. The molecule has 0 atom stereocenters. The van der Waals surface area contributed by atoms with Gasteiger partial charge in [-0.1, -0.05) is 110 Å². The van der Waals surface area contributed by atoms with Gasteiger partial charge in [-0.2, -0.15) is 0 Å². The van der Waals surface area contributed by atoms with Crippen LogP contribution < -0.4 is 0 Å². The highest BCUT2D eigenvalue weighted by atomic mass is 28.3. The largest absolute Gasteiger partial charge is 0.0654 e. The van der Waals surface area contributed by atoms with Crippen molar-refractivity contribution in [3.05, 3.63) is 0 Å². The summed E-state index contributed by atoms with van der Waals surface area (Å²) >= 11 is 0. The molecule has 1 aliphatic carbocycles. The Morgan fingerprint density at radius 3 is 1.47 bits per heavy atom. The molecule has 1 fully saturated rings. The van der Waals surface area contributed by atoms with E-state index in [1.807, 2.05) is 0 Å². The lowest BCUT2D eigenvalue weighted by Gasteiger charge is -2.42. The zero-order valence-electron chi connectivity index (χ0n) is 14.0. The van der Waals surface area contributed by atoms with Crippen LogP contribution in [0.4, 0.5) is 0 Å². The van der Waals surface area contributed by atoms with Crippen molar-refractivity contribution in [1.29, 1.82) is 0 Å². The van der Waals surface area contributed by atoms with Crippen molar-refractivity contribution in [2.24, 2.45) is 0 Å². The van der Waals surface area contributed by atoms with E-state index >= 15 is 0 Å². The fourth-order valence-corrected chi connectivity index (χ4v) is 11.1. The summed E-state index contributed by atoms with van der Waals surface area (Å²) in [6.45, 7) is 7.17. The lowest BCUT2D eigenvalue weighted by molar-refractivity contribution is 0.483. The van der Waals surface area contributed by atoms with E-state index in [2.05, 4.69) is 20.8 Å². The second-order valence-corrected chi connectivity index (χ2v) is 12.0. The molecule has 1 rings (SSSR count). The molecule has 0 aliphatic heterocycles. The van der Waals surface area contributed by atoms with Gasteiger partial charge in [0.15, 0.2) is 0 Å². The van der Waals surface area contributed by atoms with Gasteiger partial charge in [-0.25, -0.2) is 0 Å². The predicted molar refractivity (Wildman–Crippen MR) is 91.7 cm³/mol. The Bertz CT molecular complexity index is 184. The van der Waals surface area contributed by atoms with Gasteiger partial charge in [0.25, 0.3) is 0 Å². The summed E-state index contributed by atoms with van der Waals surface area (Å²) in [5, 5.41) is 0. The highest BCUT2D eigenvalue weighted by molar-refractivity contribution is 6.81. The van der Waals surface area contributed by atoms with Gasteiger partial charge in [0.05, 0.1) is 8.07 Å². The average molecular weight is 283 g/mol. The fraction of sp³-hybridized carbons (Fsp3) is 1.00. The van der Waals surface area contributed by atoms with E-state index in [-0.39, 0.29) is 0 Å². The zero-order chi connectivity index (χ0) is 14.0. The van der Waals surface area contributed by atoms with Gasteiger partial charge in [0, 0.05) is 0 Å². The number of hydrogen-bond donors (Lipinski definition) is 0. The van der Waals surface area contributed by atoms with Crippen molar-refractivity contribution in [2.75, 3.05) is 0 Å². The second kappa shape index (κ2) is 10.0. The van der Waals surface area contributed by atoms with Crippen LogP contribution in [0.25, 0.3) is 0 Å². The third-order valence-corrected chi connectivity index (χ3v) is 11.9. The summed E-state index contributed by atoms with van der Waals surface area (Å²) in [6, 6.07) is 4.98. The summed E-state index contributed by atoms with van der Waals surface area (Å²) in [5.41, 5.74) is 1.20. The molecule has 0 N–H and O–H groups in total. The van der Waals surface area contributed by atoms with Crippen LogP contribution in [-0.4, -0.2) is 8.07 Å². The van der Waals surface area contributed by atoms with Gasteiger partial charge in [0.2, 0.25) is 0 Å². The second-order valence-electron chi connectivity index (χ2n) is 7.01. The van der Waals surface area contributed by atoms with Crippen LogP contribution in [0.3, 0.4) is 0 Å². The summed E-state index contributed by atoms with van der Waals surface area (Å²) in [6.07, 6.45) is 16.6. The standard InChI is InChI=1S/C18H38Si/c1-4-7-15-19(16-8-5-2,17-9-6-3)18-13-11-10-12-14-18/h18H,4-17H2,1-3H3. The van der Waals surface area contributed by atoms with Crippen molar-refractivity contribution in [2.45, 2.75) is 115 Å². The van der Waals surface area contributed by atoms with Crippen LogP contribution >= 0.6 is 0 Å². The maximum Gasteiger partial charge on any atom is 0.0566 e. The Morgan fingerprint density at radius 2 is 1.11 bits per heavy atom. The quantitative estimate of drug-likeness (QED) is 0.373. The van der Waals surface area contributed by atoms with Gasteiger partial charge < -0.3 is 0 Å². The molecule has 0 nitrogen and oxygen atoms in total. The summed E-state index contributed by atoms with van der Waals surface area (Å²) in [7, 11) is -0.958. The van der Waals surface area contributed by atoms with Crippen LogP contribution in [-0.2, 0) is 0 Å². The molecule has 0 radical (unpaired) electrons. The molecule has 1 aliphatic rings. The van der Waals surface area contributed by atoms with E-state index in [9.17, 15) is 0 Å². The van der Waals surface area contributed by atoms with E-state index in [0.29, 0.717) is 0 Å². The lowest BCUT2D eigenvalue weighted by Crippen LogP contribution is -2.40. The lowest BCUT2D eigenvalue weighted by atomic mass is 10.0. The van der Waals surface area contributed by atoms with Crippen LogP contribution in [0.15, 0.2) is 0 Å². The van der Waals surface area contributed by atoms with Gasteiger partial charge >= 0.3 is 0 Å². The Morgan fingerprint density at radius 1 is 0.684 bits per heavy atom. The third kappa shape index (κ3) is 5.61. The minimum Gasteiger partial charge on any atom is -0.0654 e. The molecule has 1 saturated carbocycles. The minimum atomic E-state index is -0.958. The van der Waals surface area contributed by atoms with E-state index in [4.69, 9.17) is 0 Å². The first kappa shape index (κ1) is 17.3. The molecule has 1 heteroatoms. The highest BCUT2D eigenvalue weighted by Crippen LogP contribution is 2.45. The first-order chi connectivity index (χ1) is 9.29. The van der Waals surface area contributed by atoms with E-state index in [0.717, 1.165) is 0 Å².